The number of nitrogens with one attached hydrogen (secondary N) is 2. The monoisotopic (exact) mass is 583 g/mol. The van der Waals surface area contributed by atoms with Crippen molar-refractivity contribution in [3.63, 3.8) is 0 Å². The van der Waals surface area contributed by atoms with E-state index in [9.17, 15) is 13.2 Å². The van der Waals surface area contributed by atoms with Gasteiger partial charge in [0.25, 0.3) is 0 Å². The second-order valence-corrected chi connectivity index (χ2v) is 12.7. The van der Waals surface area contributed by atoms with E-state index in [0.717, 1.165) is 55.0 Å². The van der Waals surface area contributed by atoms with Gasteiger partial charge in [-0.3, -0.25) is 19.8 Å². The number of hydrogen-bond acceptors (Lipinski definition) is 8. The van der Waals surface area contributed by atoms with E-state index in [1.54, 1.807) is 35.6 Å². The average molecular weight is 584 g/mol. The Balaban J connectivity index is 1.14. The summed E-state index contributed by atoms with van der Waals surface area (Å²) < 4.78 is 30.9. The van der Waals surface area contributed by atoms with E-state index in [4.69, 9.17) is 4.74 Å². The van der Waals surface area contributed by atoms with Crippen LogP contribution in [0.1, 0.15) is 18.4 Å². The number of pyridine rings is 1. The van der Waals surface area contributed by atoms with Crippen LogP contribution < -0.4 is 19.7 Å². The Morgan fingerprint density at radius 1 is 1.10 bits per heavy atom. The quantitative estimate of drug-likeness (QED) is 0.248. The van der Waals surface area contributed by atoms with Crippen LogP contribution in [0, 0.1) is 0 Å². The summed E-state index contributed by atoms with van der Waals surface area (Å²) in [5, 5.41) is 9.87. The van der Waals surface area contributed by atoms with Gasteiger partial charge in [0.05, 0.1) is 16.9 Å². The van der Waals surface area contributed by atoms with Crippen LogP contribution in [0.25, 0.3) is 0 Å². The van der Waals surface area contributed by atoms with Gasteiger partial charge in [0.1, 0.15) is 5.75 Å². The number of carbonyl (C=O) groups excluding carboxylic acids is 1. The molecule has 3 aromatic heterocycles. The molecule has 4 aromatic rings. The fourth-order valence-electron chi connectivity index (χ4n) is 4.49. The van der Waals surface area contributed by atoms with Crippen molar-refractivity contribution < 1.29 is 17.9 Å². The predicted molar refractivity (Wildman–Crippen MR) is 158 cm³/mol. The zero-order valence-electron chi connectivity index (χ0n) is 21.3. The summed E-state index contributed by atoms with van der Waals surface area (Å²) in [6.45, 7) is 2.53. The molecule has 0 radical (unpaired) electrons. The van der Waals surface area contributed by atoms with Crippen molar-refractivity contribution in [2.75, 3.05) is 34.3 Å². The maximum Gasteiger partial charge on any atom is 0.327 e. The lowest BCUT2D eigenvalue weighted by Crippen LogP contribution is -2.48. The van der Waals surface area contributed by atoms with E-state index in [1.165, 1.54) is 11.3 Å². The van der Waals surface area contributed by atoms with Gasteiger partial charge in [0, 0.05) is 49.0 Å². The van der Waals surface area contributed by atoms with Crippen LogP contribution in [0.3, 0.4) is 0 Å². The number of carbonyl (C=O) groups is 1. The van der Waals surface area contributed by atoms with Crippen LogP contribution in [0.4, 0.5) is 21.2 Å². The molecule has 204 valence electrons. The number of sulfonamides is 1. The minimum Gasteiger partial charge on any atom is -0.439 e. The van der Waals surface area contributed by atoms with Crippen molar-refractivity contribution in [1.82, 2.24) is 9.88 Å². The molecular weight excluding hydrogens is 555 g/mol. The normalized spacial score (nSPS) is 14.6. The van der Waals surface area contributed by atoms with Crippen molar-refractivity contribution in [3.8, 4) is 11.6 Å². The molecule has 1 aliphatic rings. The molecule has 1 saturated heterocycles. The highest BCUT2D eigenvalue weighted by Gasteiger charge is 2.29. The Bertz CT molecular complexity index is 1450. The number of amides is 2. The van der Waals surface area contributed by atoms with E-state index < -0.39 is 10.0 Å². The minimum atomic E-state index is -3.32. The summed E-state index contributed by atoms with van der Waals surface area (Å²) in [6, 6.07) is 16.4. The molecule has 0 spiro atoms. The number of thiophene rings is 2. The number of ether oxygens (including phenoxy) is 1. The second kappa shape index (κ2) is 12.2. The van der Waals surface area contributed by atoms with Gasteiger partial charge in [-0.2, -0.15) is 11.3 Å². The lowest BCUT2D eigenvalue weighted by molar-refractivity contribution is 0.199. The molecule has 39 heavy (non-hydrogen) atoms. The molecule has 1 fully saturated rings. The van der Waals surface area contributed by atoms with E-state index in [2.05, 4.69) is 19.9 Å². The molecule has 0 aliphatic carbocycles. The number of likely N-dealkylation sites (tertiary alicyclic amines) is 1. The number of benzene rings is 1. The number of hydrogen-bond donors (Lipinski definition) is 2. The largest absolute Gasteiger partial charge is 0.439 e. The van der Waals surface area contributed by atoms with Crippen molar-refractivity contribution >= 4 is 55.1 Å². The Hall–Kier alpha value is -3.45. The van der Waals surface area contributed by atoms with Crippen LogP contribution in [-0.4, -0.2) is 49.7 Å². The molecule has 9 nitrogen and oxygen atoms in total. The van der Waals surface area contributed by atoms with Gasteiger partial charge in [-0.25, -0.2) is 18.2 Å². The molecule has 1 aromatic carbocycles. The second-order valence-electron chi connectivity index (χ2n) is 9.27. The highest BCUT2D eigenvalue weighted by atomic mass is 32.2. The highest BCUT2D eigenvalue weighted by Crippen LogP contribution is 2.28. The SMILES string of the molecule is CS(=O)(=O)Nc1ccc(Oc2ccc(CN3CCC(N(C(=O)Nc4cccs4)c4ccsc4)CC3)cn2)cc1. The first kappa shape index (κ1) is 27.1. The summed E-state index contributed by atoms with van der Waals surface area (Å²) in [5.74, 6) is 1.03. The van der Waals surface area contributed by atoms with Gasteiger partial charge in [0.15, 0.2) is 0 Å². The summed E-state index contributed by atoms with van der Waals surface area (Å²) in [7, 11) is -3.32. The lowest BCUT2D eigenvalue weighted by atomic mass is 10.0. The number of piperidine rings is 1. The number of rotatable bonds is 9. The van der Waals surface area contributed by atoms with Crippen LogP contribution in [0.5, 0.6) is 11.6 Å². The molecular formula is C27H29N5O4S3. The molecule has 2 amide bonds. The Morgan fingerprint density at radius 3 is 2.51 bits per heavy atom. The summed E-state index contributed by atoms with van der Waals surface area (Å²) in [5.41, 5.74) is 2.49. The lowest BCUT2D eigenvalue weighted by Gasteiger charge is -2.38. The maximum absolute atomic E-state index is 13.2. The van der Waals surface area contributed by atoms with Gasteiger partial charge < -0.3 is 4.74 Å². The van der Waals surface area contributed by atoms with E-state index >= 15 is 0 Å². The van der Waals surface area contributed by atoms with E-state index in [-0.39, 0.29) is 12.1 Å². The van der Waals surface area contributed by atoms with Gasteiger partial charge in [-0.1, -0.05) is 6.07 Å². The highest BCUT2D eigenvalue weighted by molar-refractivity contribution is 7.92. The van der Waals surface area contributed by atoms with Gasteiger partial charge in [0.2, 0.25) is 15.9 Å². The summed E-state index contributed by atoms with van der Waals surface area (Å²) in [4.78, 5) is 21.9. The molecule has 4 heterocycles. The molecule has 0 atom stereocenters. The topological polar surface area (TPSA) is 104 Å². The van der Waals surface area contributed by atoms with Gasteiger partial charge >= 0.3 is 6.03 Å². The third-order valence-electron chi connectivity index (χ3n) is 6.26. The predicted octanol–water partition coefficient (Wildman–Crippen LogP) is 6.07. The van der Waals surface area contributed by atoms with Crippen LogP contribution >= 0.6 is 22.7 Å². The third kappa shape index (κ3) is 7.57. The first-order valence-electron chi connectivity index (χ1n) is 12.4. The molecule has 12 heteroatoms. The van der Waals surface area contributed by atoms with Crippen molar-refractivity contribution in [2.45, 2.75) is 25.4 Å². The summed E-state index contributed by atoms with van der Waals surface area (Å²) >= 11 is 3.11. The maximum atomic E-state index is 13.2. The molecule has 0 saturated carbocycles. The van der Waals surface area contributed by atoms with Crippen molar-refractivity contribution in [2.24, 2.45) is 0 Å². The number of urea groups is 1. The van der Waals surface area contributed by atoms with Gasteiger partial charge in [-0.05, 0) is 71.6 Å². The molecule has 0 unspecified atom stereocenters. The van der Waals surface area contributed by atoms with Crippen LogP contribution in [-0.2, 0) is 16.6 Å². The Kier molecular flexibility index (Phi) is 8.46. The van der Waals surface area contributed by atoms with Gasteiger partial charge in [-0.15, -0.1) is 11.3 Å². The zero-order chi connectivity index (χ0) is 27.2. The van der Waals surface area contributed by atoms with Crippen molar-refractivity contribution in [1.29, 1.82) is 0 Å². The Labute approximate surface area is 236 Å². The molecule has 1 aliphatic heterocycles. The first-order valence-corrected chi connectivity index (χ1v) is 16.1. The smallest absolute Gasteiger partial charge is 0.327 e. The summed E-state index contributed by atoms with van der Waals surface area (Å²) in [6.07, 6.45) is 4.68. The zero-order valence-corrected chi connectivity index (χ0v) is 23.8. The fraction of sp³-hybridized carbons (Fsp3) is 0.259. The number of aromatic nitrogens is 1. The standard InChI is InChI=1S/C27H29N5O4S3/c1-39(34,35)30-21-5-7-24(8-6-21)36-25-9-4-20(17-28-25)18-31-13-10-22(11-14-31)32(23-12-16-37-19-23)27(33)29-26-3-2-15-38-26/h2-9,12,15-17,19,22,30H,10-11,13-14,18H2,1H3,(H,29,33). The number of nitrogens with zero attached hydrogens (tertiary/aromatic N) is 3. The van der Waals surface area contributed by atoms with Crippen LogP contribution in [0.15, 0.2) is 76.9 Å². The third-order valence-corrected chi connectivity index (χ3v) is 8.32. The fourth-order valence-corrected chi connectivity index (χ4v) is 6.29. The molecule has 5 rings (SSSR count). The number of anilines is 3. The van der Waals surface area contributed by atoms with E-state index in [1.807, 2.05) is 57.6 Å². The molecule has 2 N–H and O–H groups in total. The van der Waals surface area contributed by atoms with Crippen molar-refractivity contribution in [3.05, 3.63) is 82.5 Å². The molecule has 0 bridgehead atoms. The average Bonchev–Trinajstić information content (AvgIpc) is 3.62. The minimum absolute atomic E-state index is 0.0876. The van der Waals surface area contributed by atoms with E-state index in [0.29, 0.717) is 17.3 Å². The Morgan fingerprint density at radius 2 is 1.90 bits per heavy atom. The van der Waals surface area contributed by atoms with Crippen LogP contribution in [0.2, 0.25) is 0 Å². The first-order chi connectivity index (χ1) is 18.8.